The van der Waals surface area contributed by atoms with Gasteiger partial charge in [0.15, 0.2) is 0 Å². The highest BCUT2D eigenvalue weighted by Crippen LogP contribution is 2.29. The quantitative estimate of drug-likeness (QED) is 0.554. The van der Waals surface area contributed by atoms with Crippen LogP contribution in [0.4, 0.5) is 15.8 Å². The molecule has 1 unspecified atom stereocenters. The number of carbonyl (C=O) groups excluding carboxylic acids is 1. The van der Waals surface area contributed by atoms with Crippen molar-refractivity contribution in [1.29, 1.82) is 0 Å². The second kappa shape index (κ2) is 9.13. The van der Waals surface area contributed by atoms with Crippen molar-refractivity contribution in [3.8, 4) is 11.1 Å². The van der Waals surface area contributed by atoms with Crippen molar-refractivity contribution >= 4 is 17.3 Å². The van der Waals surface area contributed by atoms with E-state index in [2.05, 4.69) is 55.1 Å². The molecule has 0 spiro atoms. The maximum Gasteiger partial charge on any atom is 0.258 e. The summed E-state index contributed by atoms with van der Waals surface area (Å²) in [5.41, 5.74) is 5.09. The van der Waals surface area contributed by atoms with Gasteiger partial charge in [0.1, 0.15) is 5.82 Å². The Labute approximate surface area is 189 Å². The highest BCUT2D eigenvalue weighted by atomic mass is 19.1. The van der Waals surface area contributed by atoms with Gasteiger partial charge in [0, 0.05) is 37.4 Å². The zero-order valence-corrected chi connectivity index (χ0v) is 19.2. The van der Waals surface area contributed by atoms with E-state index in [0.29, 0.717) is 23.0 Å². The maximum atomic E-state index is 14.9. The first-order valence-electron chi connectivity index (χ1n) is 11.0. The molecule has 1 aliphatic rings. The van der Waals surface area contributed by atoms with Crippen LogP contribution in [0.2, 0.25) is 0 Å². The van der Waals surface area contributed by atoms with Crippen molar-refractivity contribution < 1.29 is 9.18 Å². The molecule has 0 saturated carbocycles. The van der Waals surface area contributed by atoms with E-state index in [-0.39, 0.29) is 11.7 Å². The molecule has 1 aliphatic heterocycles. The molecule has 3 aromatic carbocycles. The molecule has 4 rings (SSSR count). The summed E-state index contributed by atoms with van der Waals surface area (Å²) in [6.07, 6.45) is 1.02. The number of benzene rings is 3. The van der Waals surface area contributed by atoms with Crippen LogP contribution in [0.15, 0.2) is 66.7 Å². The van der Waals surface area contributed by atoms with Crippen LogP contribution in [0.25, 0.3) is 11.1 Å². The fraction of sp³-hybridized carbons (Fsp3) is 0.296. The first kappa shape index (κ1) is 22.0. The average Bonchev–Trinajstić information content (AvgIpc) is 3.29. The predicted octanol–water partition coefficient (Wildman–Crippen LogP) is 5.22. The zero-order chi connectivity index (χ0) is 22.8. The molecule has 1 fully saturated rings. The Balaban J connectivity index is 1.48. The summed E-state index contributed by atoms with van der Waals surface area (Å²) in [7, 11) is 5.80. The molecular weight excluding hydrogens is 401 g/mol. The van der Waals surface area contributed by atoms with Gasteiger partial charge in [0.2, 0.25) is 0 Å². The summed E-state index contributed by atoms with van der Waals surface area (Å²) < 4.78 is 14.9. The zero-order valence-electron chi connectivity index (χ0n) is 19.2. The first-order chi connectivity index (χ1) is 15.3. The molecular formula is C27H30FN3O. The molecule has 0 aliphatic carbocycles. The highest BCUT2D eigenvalue weighted by molar-refractivity contribution is 6.06. The van der Waals surface area contributed by atoms with Gasteiger partial charge in [0.25, 0.3) is 5.91 Å². The number of hydrogen-bond donors (Lipinski definition) is 0. The van der Waals surface area contributed by atoms with Crippen LogP contribution in [0.1, 0.15) is 22.3 Å². The third-order valence-electron chi connectivity index (χ3n) is 6.37. The van der Waals surface area contributed by atoms with Gasteiger partial charge in [0.05, 0.1) is 5.69 Å². The Kier molecular flexibility index (Phi) is 6.28. The van der Waals surface area contributed by atoms with Crippen LogP contribution in [0, 0.1) is 12.7 Å². The minimum atomic E-state index is -0.295. The number of aryl methyl sites for hydroxylation is 1. The normalized spacial score (nSPS) is 15.9. The number of anilines is 2. The molecule has 1 heterocycles. The Morgan fingerprint density at radius 3 is 2.12 bits per heavy atom. The van der Waals surface area contributed by atoms with Crippen molar-refractivity contribution in [1.82, 2.24) is 4.90 Å². The molecule has 0 radical (unpaired) electrons. The van der Waals surface area contributed by atoms with Crippen molar-refractivity contribution in [3.63, 3.8) is 0 Å². The van der Waals surface area contributed by atoms with Crippen LogP contribution in [-0.2, 0) is 0 Å². The van der Waals surface area contributed by atoms with Gasteiger partial charge in [-0.25, -0.2) is 4.39 Å². The number of carbonyl (C=O) groups is 1. The second-order valence-corrected chi connectivity index (χ2v) is 8.80. The molecule has 1 saturated heterocycles. The number of rotatable bonds is 5. The second-order valence-electron chi connectivity index (χ2n) is 8.80. The highest BCUT2D eigenvalue weighted by Gasteiger charge is 2.26. The van der Waals surface area contributed by atoms with E-state index < -0.39 is 0 Å². The Bertz CT molecular complexity index is 1090. The third kappa shape index (κ3) is 4.53. The number of halogens is 1. The van der Waals surface area contributed by atoms with E-state index in [4.69, 9.17) is 0 Å². The topological polar surface area (TPSA) is 26.8 Å². The van der Waals surface area contributed by atoms with E-state index >= 15 is 0 Å². The van der Waals surface area contributed by atoms with E-state index in [9.17, 15) is 9.18 Å². The number of amides is 1. The summed E-state index contributed by atoms with van der Waals surface area (Å²) in [5, 5.41) is 0. The molecule has 3 aromatic rings. The lowest BCUT2D eigenvalue weighted by atomic mass is 10.0. The molecule has 4 nitrogen and oxygen atoms in total. The summed E-state index contributed by atoms with van der Waals surface area (Å²) >= 11 is 0. The standard InChI is InChI=1S/C27H30FN3O/c1-19-5-7-20(8-6-19)21-9-11-22(12-10-21)27(32)30(4)23-13-14-26(25(28)17-23)31-16-15-24(18-31)29(2)3/h5-14,17,24H,15-16,18H2,1-4H3. The Morgan fingerprint density at radius 2 is 1.56 bits per heavy atom. The lowest BCUT2D eigenvalue weighted by molar-refractivity contribution is 0.0993. The molecule has 1 atom stereocenters. The van der Waals surface area contributed by atoms with Crippen LogP contribution in [-0.4, -0.2) is 51.1 Å². The Morgan fingerprint density at radius 1 is 0.938 bits per heavy atom. The molecule has 0 bridgehead atoms. The van der Waals surface area contributed by atoms with E-state index in [1.54, 1.807) is 13.1 Å². The molecule has 166 valence electrons. The van der Waals surface area contributed by atoms with Gasteiger partial charge in [-0.2, -0.15) is 0 Å². The van der Waals surface area contributed by atoms with Crippen molar-refractivity contribution in [2.45, 2.75) is 19.4 Å². The number of nitrogens with zero attached hydrogens (tertiary/aromatic N) is 3. The summed E-state index contributed by atoms with van der Waals surface area (Å²) in [6.45, 7) is 3.70. The fourth-order valence-electron chi connectivity index (χ4n) is 4.21. The van der Waals surface area contributed by atoms with E-state index in [0.717, 1.165) is 30.6 Å². The van der Waals surface area contributed by atoms with Crippen LogP contribution < -0.4 is 9.80 Å². The van der Waals surface area contributed by atoms with Gasteiger partial charge in [-0.1, -0.05) is 42.0 Å². The smallest absolute Gasteiger partial charge is 0.258 e. The van der Waals surface area contributed by atoms with Crippen LogP contribution in [0.5, 0.6) is 0 Å². The SMILES string of the molecule is Cc1ccc(-c2ccc(C(=O)N(C)c3ccc(N4CCC(N(C)C)C4)c(F)c3)cc2)cc1. The molecule has 0 N–H and O–H groups in total. The van der Waals surface area contributed by atoms with E-state index in [1.807, 2.05) is 30.3 Å². The maximum absolute atomic E-state index is 14.9. The van der Waals surface area contributed by atoms with Crippen LogP contribution in [0.3, 0.4) is 0 Å². The lowest BCUT2D eigenvalue weighted by Gasteiger charge is -2.24. The predicted molar refractivity (Wildman–Crippen MR) is 130 cm³/mol. The lowest BCUT2D eigenvalue weighted by Crippen LogP contribution is -2.31. The van der Waals surface area contributed by atoms with Crippen molar-refractivity contribution in [3.05, 3.63) is 83.7 Å². The first-order valence-corrected chi connectivity index (χ1v) is 11.0. The van der Waals surface area contributed by atoms with Gasteiger partial charge in [-0.15, -0.1) is 0 Å². The van der Waals surface area contributed by atoms with Crippen molar-refractivity contribution in [2.75, 3.05) is 44.0 Å². The van der Waals surface area contributed by atoms with E-state index in [1.165, 1.54) is 16.5 Å². The minimum absolute atomic E-state index is 0.165. The number of hydrogen-bond acceptors (Lipinski definition) is 3. The van der Waals surface area contributed by atoms with Crippen LogP contribution >= 0.6 is 0 Å². The minimum Gasteiger partial charge on any atom is -0.368 e. The Hall–Kier alpha value is -3.18. The van der Waals surface area contributed by atoms with Gasteiger partial charge in [-0.05, 0) is 68.9 Å². The fourth-order valence-corrected chi connectivity index (χ4v) is 4.21. The molecule has 32 heavy (non-hydrogen) atoms. The monoisotopic (exact) mass is 431 g/mol. The van der Waals surface area contributed by atoms with Gasteiger partial charge in [-0.3, -0.25) is 4.79 Å². The molecule has 0 aromatic heterocycles. The van der Waals surface area contributed by atoms with Gasteiger partial charge < -0.3 is 14.7 Å². The number of likely N-dealkylation sites (N-methyl/N-ethyl adjacent to an activating group) is 1. The largest absolute Gasteiger partial charge is 0.368 e. The molecule has 1 amide bonds. The average molecular weight is 432 g/mol. The summed E-state index contributed by atoms with van der Waals surface area (Å²) in [6, 6.07) is 21.3. The van der Waals surface area contributed by atoms with Crippen molar-refractivity contribution in [2.24, 2.45) is 0 Å². The molecule has 5 heteroatoms. The summed E-state index contributed by atoms with van der Waals surface area (Å²) in [5.74, 6) is -0.460. The summed E-state index contributed by atoms with van der Waals surface area (Å²) in [4.78, 5) is 18.8. The third-order valence-corrected chi connectivity index (χ3v) is 6.37. The van der Waals surface area contributed by atoms with Gasteiger partial charge >= 0.3 is 0 Å².